The summed E-state index contributed by atoms with van der Waals surface area (Å²) in [6.45, 7) is 1.86. The summed E-state index contributed by atoms with van der Waals surface area (Å²) in [5.74, 6) is 1.00. The maximum Gasteiger partial charge on any atom is 0.234 e. The first-order chi connectivity index (χ1) is 9.19. The standard InChI is InChI=1S/C14H12N2O2S/c1-10-13(5-6-18-10)19-9-14(17)16-12-4-2-3-11(7-12)8-15/h2-7H,9H2,1H3,(H,16,17). The molecular formula is C14H12N2O2S. The van der Waals surface area contributed by atoms with Crippen molar-refractivity contribution in [3.63, 3.8) is 0 Å². The summed E-state index contributed by atoms with van der Waals surface area (Å²) < 4.78 is 5.16. The average Bonchev–Trinajstić information content (AvgIpc) is 2.82. The van der Waals surface area contributed by atoms with Crippen LogP contribution < -0.4 is 5.32 Å². The van der Waals surface area contributed by atoms with Gasteiger partial charge in [-0.15, -0.1) is 11.8 Å². The van der Waals surface area contributed by atoms with Gasteiger partial charge in [0.25, 0.3) is 0 Å². The van der Waals surface area contributed by atoms with E-state index in [0.29, 0.717) is 17.0 Å². The number of anilines is 1. The number of carbonyl (C=O) groups excluding carboxylic acids is 1. The number of nitrogens with one attached hydrogen (secondary N) is 1. The van der Waals surface area contributed by atoms with Gasteiger partial charge in [0.2, 0.25) is 5.91 Å². The van der Waals surface area contributed by atoms with Crippen LogP contribution in [-0.2, 0) is 4.79 Å². The first kappa shape index (κ1) is 13.2. The summed E-state index contributed by atoms with van der Waals surface area (Å²) >= 11 is 1.42. The lowest BCUT2D eigenvalue weighted by Gasteiger charge is -2.04. The van der Waals surface area contributed by atoms with Gasteiger partial charge in [-0.1, -0.05) is 6.07 Å². The number of carbonyl (C=O) groups is 1. The number of amides is 1. The van der Waals surface area contributed by atoms with Crippen LogP contribution in [0, 0.1) is 18.3 Å². The van der Waals surface area contributed by atoms with Gasteiger partial charge >= 0.3 is 0 Å². The van der Waals surface area contributed by atoms with Gasteiger partial charge in [-0.3, -0.25) is 4.79 Å². The number of hydrogen-bond donors (Lipinski definition) is 1. The topological polar surface area (TPSA) is 66.0 Å². The largest absolute Gasteiger partial charge is 0.468 e. The van der Waals surface area contributed by atoms with E-state index in [2.05, 4.69) is 5.32 Å². The van der Waals surface area contributed by atoms with Crippen LogP contribution in [0.3, 0.4) is 0 Å². The molecule has 5 heteroatoms. The Labute approximate surface area is 115 Å². The van der Waals surface area contributed by atoms with Gasteiger partial charge in [0.1, 0.15) is 5.76 Å². The number of nitrogens with zero attached hydrogens (tertiary/aromatic N) is 1. The molecule has 0 atom stereocenters. The van der Waals surface area contributed by atoms with E-state index in [1.54, 1.807) is 30.5 Å². The van der Waals surface area contributed by atoms with Crippen LogP contribution in [0.4, 0.5) is 5.69 Å². The lowest BCUT2D eigenvalue weighted by atomic mass is 10.2. The van der Waals surface area contributed by atoms with Crippen LogP contribution in [-0.4, -0.2) is 11.7 Å². The Morgan fingerprint density at radius 2 is 2.32 bits per heavy atom. The number of hydrogen-bond acceptors (Lipinski definition) is 4. The van der Waals surface area contributed by atoms with Crippen molar-refractivity contribution in [1.29, 1.82) is 5.26 Å². The second kappa shape index (κ2) is 6.12. The van der Waals surface area contributed by atoms with E-state index in [1.807, 2.05) is 19.1 Å². The molecule has 0 aliphatic heterocycles. The molecule has 0 saturated heterocycles. The number of furan rings is 1. The quantitative estimate of drug-likeness (QED) is 0.868. The Kier molecular flexibility index (Phi) is 4.26. The molecule has 0 fully saturated rings. The van der Waals surface area contributed by atoms with Gasteiger partial charge in [0.15, 0.2) is 0 Å². The van der Waals surface area contributed by atoms with E-state index in [4.69, 9.17) is 9.68 Å². The van der Waals surface area contributed by atoms with E-state index >= 15 is 0 Å². The van der Waals surface area contributed by atoms with Gasteiger partial charge in [-0.2, -0.15) is 5.26 Å². The molecule has 19 heavy (non-hydrogen) atoms. The van der Waals surface area contributed by atoms with Crippen molar-refractivity contribution in [2.45, 2.75) is 11.8 Å². The Balaban J connectivity index is 1.91. The predicted molar refractivity (Wildman–Crippen MR) is 74.0 cm³/mol. The fraction of sp³-hybridized carbons (Fsp3) is 0.143. The molecule has 4 nitrogen and oxygen atoms in total. The molecule has 0 aliphatic carbocycles. The number of aryl methyl sites for hydroxylation is 1. The molecule has 2 rings (SSSR count). The van der Waals surface area contributed by atoms with E-state index in [9.17, 15) is 4.79 Å². The van der Waals surface area contributed by atoms with Crippen molar-refractivity contribution >= 4 is 23.4 Å². The van der Waals surface area contributed by atoms with Crippen molar-refractivity contribution in [2.24, 2.45) is 0 Å². The van der Waals surface area contributed by atoms with Crippen molar-refractivity contribution in [3.8, 4) is 6.07 Å². The normalized spacial score (nSPS) is 9.89. The zero-order chi connectivity index (χ0) is 13.7. The molecule has 1 amide bonds. The zero-order valence-electron chi connectivity index (χ0n) is 10.3. The SMILES string of the molecule is Cc1occc1SCC(=O)Nc1cccc(C#N)c1. The van der Waals surface area contributed by atoms with Gasteiger partial charge in [0.05, 0.1) is 23.6 Å². The van der Waals surface area contributed by atoms with Crippen molar-refractivity contribution < 1.29 is 9.21 Å². The lowest BCUT2D eigenvalue weighted by molar-refractivity contribution is -0.113. The highest BCUT2D eigenvalue weighted by Gasteiger charge is 2.07. The molecule has 0 spiro atoms. The molecule has 0 saturated carbocycles. The highest BCUT2D eigenvalue weighted by molar-refractivity contribution is 8.00. The van der Waals surface area contributed by atoms with E-state index in [-0.39, 0.29) is 5.91 Å². The van der Waals surface area contributed by atoms with E-state index in [0.717, 1.165) is 10.7 Å². The third-order valence-electron chi connectivity index (χ3n) is 2.45. The molecule has 1 N–H and O–H groups in total. The zero-order valence-corrected chi connectivity index (χ0v) is 11.2. The third kappa shape index (κ3) is 3.63. The molecule has 1 heterocycles. The van der Waals surface area contributed by atoms with Gasteiger partial charge < -0.3 is 9.73 Å². The van der Waals surface area contributed by atoms with Gasteiger partial charge in [0, 0.05) is 10.6 Å². The van der Waals surface area contributed by atoms with E-state index in [1.165, 1.54) is 11.8 Å². The molecule has 1 aromatic heterocycles. The minimum Gasteiger partial charge on any atom is -0.468 e. The molecule has 0 unspecified atom stereocenters. The van der Waals surface area contributed by atoms with Crippen molar-refractivity contribution in [1.82, 2.24) is 0 Å². The first-order valence-corrected chi connectivity index (χ1v) is 6.64. The second-order valence-corrected chi connectivity index (χ2v) is 4.89. The summed E-state index contributed by atoms with van der Waals surface area (Å²) in [6.07, 6.45) is 1.60. The van der Waals surface area contributed by atoms with E-state index < -0.39 is 0 Å². The van der Waals surface area contributed by atoms with Crippen LogP contribution in [0.5, 0.6) is 0 Å². The molecule has 96 valence electrons. The van der Waals surface area contributed by atoms with Gasteiger partial charge in [-0.05, 0) is 31.2 Å². The smallest absolute Gasteiger partial charge is 0.234 e. The lowest BCUT2D eigenvalue weighted by Crippen LogP contribution is -2.13. The Morgan fingerprint density at radius 1 is 1.47 bits per heavy atom. The molecule has 0 radical (unpaired) electrons. The molecular weight excluding hydrogens is 260 g/mol. The average molecular weight is 272 g/mol. The third-order valence-corrected chi connectivity index (χ3v) is 3.59. The van der Waals surface area contributed by atoms with Crippen LogP contribution in [0.2, 0.25) is 0 Å². The van der Waals surface area contributed by atoms with Crippen LogP contribution in [0.1, 0.15) is 11.3 Å². The minimum atomic E-state index is -0.110. The first-order valence-electron chi connectivity index (χ1n) is 5.66. The Bertz CT molecular complexity index is 628. The van der Waals surface area contributed by atoms with Crippen LogP contribution in [0.15, 0.2) is 45.9 Å². The maximum absolute atomic E-state index is 11.8. The fourth-order valence-corrected chi connectivity index (χ4v) is 2.29. The highest BCUT2D eigenvalue weighted by atomic mass is 32.2. The summed E-state index contributed by atoms with van der Waals surface area (Å²) in [6, 6.07) is 10.7. The highest BCUT2D eigenvalue weighted by Crippen LogP contribution is 2.23. The van der Waals surface area contributed by atoms with Crippen LogP contribution in [0.25, 0.3) is 0 Å². The summed E-state index contributed by atoms with van der Waals surface area (Å²) in [7, 11) is 0. The molecule has 0 bridgehead atoms. The fourth-order valence-electron chi connectivity index (χ4n) is 1.53. The minimum absolute atomic E-state index is 0.110. The maximum atomic E-state index is 11.8. The van der Waals surface area contributed by atoms with Crippen molar-refractivity contribution in [2.75, 3.05) is 11.1 Å². The second-order valence-electron chi connectivity index (χ2n) is 3.87. The van der Waals surface area contributed by atoms with Crippen LogP contribution >= 0.6 is 11.8 Å². The Hall–Kier alpha value is -2.19. The number of thioether (sulfide) groups is 1. The summed E-state index contributed by atoms with van der Waals surface area (Å²) in [5, 5.41) is 11.5. The Morgan fingerprint density at radius 3 is 3.00 bits per heavy atom. The number of benzene rings is 1. The molecule has 1 aromatic carbocycles. The molecule has 2 aromatic rings. The number of nitriles is 1. The summed E-state index contributed by atoms with van der Waals surface area (Å²) in [5.41, 5.74) is 1.16. The summed E-state index contributed by atoms with van der Waals surface area (Å²) in [4.78, 5) is 12.7. The monoisotopic (exact) mass is 272 g/mol. The molecule has 0 aliphatic rings. The van der Waals surface area contributed by atoms with Crippen molar-refractivity contribution in [3.05, 3.63) is 47.9 Å². The van der Waals surface area contributed by atoms with Gasteiger partial charge in [-0.25, -0.2) is 0 Å². The number of rotatable bonds is 4. The predicted octanol–water partition coefficient (Wildman–Crippen LogP) is 3.19.